The number of benzene rings is 2. The molecule has 134 valence electrons. The minimum absolute atomic E-state index is 0.152. The normalized spacial score (nSPS) is 11.8. The molecule has 6 nitrogen and oxygen atoms in total. The molecule has 0 aliphatic rings. The summed E-state index contributed by atoms with van der Waals surface area (Å²) in [4.78, 5) is 16.3. The van der Waals surface area contributed by atoms with Crippen molar-refractivity contribution >= 4 is 29.2 Å². The molecule has 1 heterocycles. The molecular weight excluding hydrogens is 379 g/mol. The van der Waals surface area contributed by atoms with Crippen LogP contribution < -0.4 is 4.74 Å². The van der Waals surface area contributed by atoms with Gasteiger partial charge in [0.25, 0.3) is 5.89 Å². The molecule has 0 amide bonds. The molecule has 0 aliphatic heterocycles. The summed E-state index contributed by atoms with van der Waals surface area (Å²) in [5.74, 6) is 0.364. The van der Waals surface area contributed by atoms with Gasteiger partial charge in [-0.1, -0.05) is 58.7 Å². The van der Waals surface area contributed by atoms with Crippen molar-refractivity contribution in [2.24, 2.45) is 0 Å². The molecule has 0 unspecified atom stereocenters. The van der Waals surface area contributed by atoms with E-state index in [1.165, 1.54) is 6.07 Å². The molecule has 0 spiro atoms. The Balaban J connectivity index is 1.56. The highest BCUT2D eigenvalue weighted by Gasteiger charge is 2.19. The van der Waals surface area contributed by atoms with Crippen LogP contribution in [0.4, 0.5) is 0 Å². The second-order valence-corrected chi connectivity index (χ2v) is 6.16. The van der Waals surface area contributed by atoms with Gasteiger partial charge in [-0.2, -0.15) is 4.98 Å². The van der Waals surface area contributed by atoms with Crippen LogP contribution in [0.1, 0.15) is 12.8 Å². The van der Waals surface area contributed by atoms with Gasteiger partial charge in [-0.3, -0.25) is 0 Å². The number of aromatic nitrogens is 2. The lowest BCUT2D eigenvalue weighted by Crippen LogP contribution is -2.26. The highest BCUT2D eigenvalue weighted by molar-refractivity contribution is 6.35. The Kier molecular flexibility index (Phi) is 5.75. The van der Waals surface area contributed by atoms with E-state index in [4.69, 9.17) is 37.2 Å². The van der Waals surface area contributed by atoms with Crippen LogP contribution in [-0.2, 0) is 16.1 Å². The second-order valence-electron chi connectivity index (χ2n) is 5.32. The summed E-state index contributed by atoms with van der Waals surface area (Å²) in [6.45, 7) is 1.40. The maximum absolute atomic E-state index is 12.1. The second kappa shape index (κ2) is 8.21. The Labute approximate surface area is 159 Å². The Morgan fingerprint density at radius 3 is 2.69 bits per heavy atom. The Bertz CT molecular complexity index is 899. The van der Waals surface area contributed by atoms with Gasteiger partial charge >= 0.3 is 5.97 Å². The number of carbonyl (C=O) groups is 1. The lowest BCUT2D eigenvalue weighted by atomic mass is 10.2. The van der Waals surface area contributed by atoms with Crippen molar-refractivity contribution in [2.45, 2.75) is 19.6 Å². The number of rotatable bonds is 6. The Morgan fingerprint density at radius 1 is 1.19 bits per heavy atom. The number of esters is 1. The van der Waals surface area contributed by atoms with Crippen LogP contribution in [-0.4, -0.2) is 22.2 Å². The molecule has 0 saturated carbocycles. The van der Waals surface area contributed by atoms with E-state index in [1.807, 2.05) is 30.3 Å². The highest BCUT2D eigenvalue weighted by Crippen LogP contribution is 2.28. The van der Waals surface area contributed by atoms with Gasteiger partial charge < -0.3 is 14.0 Å². The lowest BCUT2D eigenvalue weighted by Gasteiger charge is -2.14. The average Bonchev–Trinajstić information content (AvgIpc) is 3.11. The van der Waals surface area contributed by atoms with E-state index in [9.17, 15) is 4.79 Å². The van der Waals surface area contributed by atoms with E-state index < -0.39 is 12.1 Å². The molecule has 1 aromatic heterocycles. The van der Waals surface area contributed by atoms with Crippen LogP contribution in [0.2, 0.25) is 10.0 Å². The van der Waals surface area contributed by atoms with Crippen LogP contribution in [0, 0.1) is 0 Å². The first-order chi connectivity index (χ1) is 12.5. The predicted molar refractivity (Wildman–Crippen MR) is 96.1 cm³/mol. The largest absolute Gasteiger partial charge is 0.477 e. The monoisotopic (exact) mass is 392 g/mol. The first-order valence-electron chi connectivity index (χ1n) is 7.69. The molecule has 26 heavy (non-hydrogen) atoms. The minimum Gasteiger partial charge on any atom is -0.477 e. The lowest BCUT2D eigenvalue weighted by molar-refractivity contribution is -0.153. The predicted octanol–water partition coefficient (Wildman–Crippen LogP) is 4.55. The maximum atomic E-state index is 12.1. The number of ether oxygens (including phenoxy) is 2. The van der Waals surface area contributed by atoms with E-state index in [0.29, 0.717) is 21.6 Å². The van der Waals surface area contributed by atoms with Crippen molar-refractivity contribution in [3.8, 4) is 17.1 Å². The summed E-state index contributed by atoms with van der Waals surface area (Å²) < 4.78 is 15.7. The molecule has 0 fully saturated rings. The molecule has 0 N–H and O–H groups in total. The van der Waals surface area contributed by atoms with E-state index in [-0.39, 0.29) is 12.5 Å². The average molecular weight is 393 g/mol. The van der Waals surface area contributed by atoms with Gasteiger partial charge in [-0.25, -0.2) is 4.79 Å². The molecule has 0 saturated heterocycles. The third kappa shape index (κ3) is 4.53. The first-order valence-corrected chi connectivity index (χ1v) is 8.45. The van der Waals surface area contributed by atoms with Gasteiger partial charge in [-0.05, 0) is 25.1 Å². The fourth-order valence-corrected chi connectivity index (χ4v) is 2.53. The quantitative estimate of drug-likeness (QED) is 0.572. The topological polar surface area (TPSA) is 74.5 Å². The standard InChI is InChI=1S/C18H14Cl2N2O4/c1-11(25-15-8-7-13(19)9-14(15)20)18(23)24-10-16-21-17(22-26-16)12-5-3-2-4-6-12/h2-9,11H,10H2,1H3/t11-/m1/s1. The first kappa shape index (κ1) is 18.2. The molecule has 3 rings (SSSR count). The van der Waals surface area contributed by atoms with Gasteiger partial charge in [0.05, 0.1) is 5.02 Å². The van der Waals surface area contributed by atoms with Gasteiger partial charge in [0, 0.05) is 10.6 Å². The smallest absolute Gasteiger partial charge is 0.347 e. The van der Waals surface area contributed by atoms with Crippen molar-refractivity contribution in [3.05, 3.63) is 64.5 Å². The van der Waals surface area contributed by atoms with E-state index in [2.05, 4.69) is 10.1 Å². The molecule has 3 aromatic rings. The van der Waals surface area contributed by atoms with Crippen molar-refractivity contribution in [3.63, 3.8) is 0 Å². The molecular formula is C18H14Cl2N2O4. The van der Waals surface area contributed by atoms with Gasteiger partial charge in [0.15, 0.2) is 12.7 Å². The fourth-order valence-electron chi connectivity index (χ4n) is 2.08. The van der Waals surface area contributed by atoms with Crippen molar-refractivity contribution in [1.82, 2.24) is 10.1 Å². The fraction of sp³-hybridized carbons (Fsp3) is 0.167. The van der Waals surface area contributed by atoms with Crippen LogP contribution in [0.3, 0.4) is 0 Å². The summed E-state index contributed by atoms with van der Waals surface area (Å²) in [7, 11) is 0. The third-order valence-electron chi connectivity index (χ3n) is 3.37. The van der Waals surface area contributed by atoms with Crippen LogP contribution in [0.25, 0.3) is 11.4 Å². The summed E-state index contributed by atoms with van der Waals surface area (Å²) in [5, 5.41) is 4.64. The Hall–Kier alpha value is -2.57. The summed E-state index contributed by atoms with van der Waals surface area (Å²) in [6, 6.07) is 14.1. The van der Waals surface area contributed by atoms with Gasteiger partial charge in [0.2, 0.25) is 5.82 Å². The molecule has 0 radical (unpaired) electrons. The zero-order valence-corrected chi connectivity index (χ0v) is 15.2. The Morgan fingerprint density at radius 2 is 1.96 bits per heavy atom. The number of hydrogen-bond donors (Lipinski definition) is 0. The van der Waals surface area contributed by atoms with E-state index >= 15 is 0 Å². The zero-order valence-electron chi connectivity index (χ0n) is 13.7. The molecule has 1 atom stereocenters. The minimum atomic E-state index is -0.870. The SMILES string of the molecule is C[C@@H](Oc1ccc(Cl)cc1Cl)C(=O)OCc1nc(-c2ccccc2)no1. The van der Waals surface area contributed by atoms with Crippen molar-refractivity contribution < 1.29 is 18.8 Å². The number of carbonyl (C=O) groups excluding carboxylic acids is 1. The van der Waals surface area contributed by atoms with Gasteiger partial charge in [0.1, 0.15) is 5.75 Å². The van der Waals surface area contributed by atoms with Crippen LogP contribution in [0.5, 0.6) is 5.75 Å². The van der Waals surface area contributed by atoms with Crippen LogP contribution >= 0.6 is 23.2 Å². The molecule has 2 aromatic carbocycles. The van der Waals surface area contributed by atoms with E-state index in [0.717, 1.165) is 5.56 Å². The number of halogens is 2. The van der Waals surface area contributed by atoms with E-state index in [1.54, 1.807) is 19.1 Å². The number of nitrogens with zero attached hydrogens (tertiary/aromatic N) is 2. The summed E-state index contributed by atoms with van der Waals surface area (Å²) in [6.07, 6.45) is -0.870. The molecule has 0 aliphatic carbocycles. The maximum Gasteiger partial charge on any atom is 0.347 e. The molecule has 0 bridgehead atoms. The van der Waals surface area contributed by atoms with Gasteiger partial charge in [-0.15, -0.1) is 0 Å². The molecule has 8 heteroatoms. The third-order valence-corrected chi connectivity index (χ3v) is 3.90. The van der Waals surface area contributed by atoms with Crippen molar-refractivity contribution in [1.29, 1.82) is 0 Å². The summed E-state index contributed by atoms with van der Waals surface area (Å²) >= 11 is 11.8. The summed E-state index contributed by atoms with van der Waals surface area (Å²) in [5.41, 5.74) is 0.808. The number of hydrogen-bond acceptors (Lipinski definition) is 6. The highest BCUT2D eigenvalue weighted by atomic mass is 35.5. The zero-order chi connectivity index (χ0) is 18.5. The van der Waals surface area contributed by atoms with Crippen molar-refractivity contribution in [2.75, 3.05) is 0 Å². The van der Waals surface area contributed by atoms with Crippen LogP contribution in [0.15, 0.2) is 53.1 Å².